The second-order valence-corrected chi connectivity index (χ2v) is 10.7. The Morgan fingerprint density at radius 3 is 2.46 bits per heavy atom. The maximum Gasteiger partial charge on any atom is 0.223 e. The molecule has 1 amide bonds. The third-order valence-electron chi connectivity index (χ3n) is 7.81. The number of fused-ring (bicyclic) bond motifs is 1. The largest absolute Gasteiger partial charge is 0.381 e. The van der Waals surface area contributed by atoms with Crippen molar-refractivity contribution < 1.29 is 9.53 Å². The summed E-state index contributed by atoms with van der Waals surface area (Å²) in [6, 6.07) is 13.3. The highest BCUT2D eigenvalue weighted by atomic mass is 16.5. The predicted molar refractivity (Wildman–Crippen MR) is 142 cm³/mol. The van der Waals surface area contributed by atoms with Gasteiger partial charge in [-0.2, -0.15) is 0 Å². The molecule has 35 heavy (non-hydrogen) atoms. The molecule has 0 radical (unpaired) electrons. The maximum atomic E-state index is 12.8. The quantitative estimate of drug-likeness (QED) is 0.538. The average molecular weight is 475 g/mol. The van der Waals surface area contributed by atoms with Crippen molar-refractivity contribution in [1.29, 1.82) is 0 Å². The lowest BCUT2D eigenvalue weighted by Gasteiger charge is -2.32. The Morgan fingerprint density at radius 1 is 1.09 bits per heavy atom. The minimum absolute atomic E-state index is 0.0706. The van der Waals surface area contributed by atoms with E-state index in [1.807, 2.05) is 0 Å². The Bertz CT molecular complexity index is 1180. The molecule has 2 aromatic carbocycles. The molecule has 1 atom stereocenters. The maximum absolute atomic E-state index is 12.8. The summed E-state index contributed by atoms with van der Waals surface area (Å²) in [7, 11) is 0. The van der Waals surface area contributed by atoms with Gasteiger partial charge in [-0.3, -0.25) is 9.36 Å². The van der Waals surface area contributed by atoms with E-state index >= 15 is 0 Å². The standard InChI is InChI=1S/C29H38N4O2/c1-19(2)23-5-7-25(8-6-23)33-27-16-21(4)20(3)15-26(27)31-29(33)32-12-9-24(10-13-32)28(34)30-17-22-11-14-35-18-22/h5-8,15-16,19,22,24H,9-14,17-18H2,1-4H3,(H,30,34). The minimum Gasteiger partial charge on any atom is -0.381 e. The molecular weight excluding hydrogens is 436 g/mol. The van der Waals surface area contributed by atoms with Crippen molar-refractivity contribution in [3.05, 3.63) is 53.1 Å². The first-order valence-electron chi connectivity index (χ1n) is 13.1. The van der Waals surface area contributed by atoms with Crippen molar-refractivity contribution in [3.63, 3.8) is 0 Å². The Kier molecular flexibility index (Phi) is 6.83. The van der Waals surface area contributed by atoms with Gasteiger partial charge in [0.25, 0.3) is 0 Å². The van der Waals surface area contributed by atoms with Gasteiger partial charge in [0, 0.05) is 43.8 Å². The highest BCUT2D eigenvalue weighted by molar-refractivity contribution is 5.83. The van der Waals surface area contributed by atoms with Gasteiger partial charge in [-0.1, -0.05) is 26.0 Å². The summed E-state index contributed by atoms with van der Waals surface area (Å²) in [6.07, 6.45) is 2.74. The fourth-order valence-corrected chi connectivity index (χ4v) is 5.27. The van der Waals surface area contributed by atoms with Crippen LogP contribution < -0.4 is 10.2 Å². The van der Waals surface area contributed by atoms with Crippen LogP contribution in [0.5, 0.6) is 0 Å². The molecule has 1 N–H and O–H groups in total. The van der Waals surface area contributed by atoms with E-state index in [0.717, 1.165) is 74.8 Å². The number of amides is 1. The molecule has 2 fully saturated rings. The van der Waals surface area contributed by atoms with E-state index in [1.54, 1.807) is 0 Å². The molecule has 2 aliphatic rings. The molecule has 2 aliphatic heterocycles. The van der Waals surface area contributed by atoms with Crippen molar-refractivity contribution in [1.82, 2.24) is 14.9 Å². The number of hydrogen-bond acceptors (Lipinski definition) is 4. The number of nitrogens with zero attached hydrogens (tertiary/aromatic N) is 3. The summed E-state index contributed by atoms with van der Waals surface area (Å²) in [5.74, 6) is 2.21. The molecule has 1 aromatic heterocycles. The zero-order chi connectivity index (χ0) is 24.5. The van der Waals surface area contributed by atoms with Gasteiger partial charge in [0.2, 0.25) is 11.9 Å². The molecule has 1 unspecified atom stereocenters. The van der Waals surface area contributed by atoms with E-state index in [-0.39, 0.29) is 11.8 Å². The molecular formula is C29H38N4O2. The van der Waals surface area contributed by atoms with Gasteiger partial charge >= 0.3 is 0 Å². The van der Waals surface area contributed by atoms with E-state index in [4.69, 9.17) is 9.72 Å². The monoisotopic (exact) mass is 474 g/mol. The number of ether oxygens (including phenoxy) is 1. The van der Waals surface area contributed by atoms with Crippen LogP contribution in [0.25, 0.3) is 16.7 Å². The fourth-order valence-electron chi connectivity index (χ4n) is 5.27. The zero-order valence-corrected chi connectivity index (χ0v) is 21.5. The smallest absolute Gasteiger partial charge is 0.223 e. The van der Waals surface area contributed by atoms with Crippen LogP contribution in [0.1, 0.15) is 55.7 Å². The van der Waals surface area contributed by atoms with Gasteiger partial charge < -0.3 is 15.0 Å². The summed E-state index contributed by atoms with van der Waals surface area (Å²) in [4.78, 5) is 20.3. The number of rotatable bonds is 6. The molecule has 6 nitrogen and oxygen atoms in total. The summed E-state index contributed by atoms with van der Waals surface area (Å²) in [5, 5.41) is 3.18. The normalized spacial score (nSPS) is 19.1. The molecule has 0 bridgehead atoms. The van der Waals surface area contributed by atoms with Gasteiger partial charge in [-0.15, -0.1) is 0 Å². The van der Waals surface area contributed by atoms with Crippen LogP contribution in [0.4, 0.5) is 5.95 Å². The first-order valence-corrected chi connectivity index (χ1v) is 13.1. The van der Waals surface area contributed by atoms with E-state index in [2.05, 4.69) is 78.9 Å². The molecule has 0 saturated carbocycles. The average Bonchev–Trinajstić information content (AvgIpc) is 3.51. The van der Waals surface area contributed by atoms with Gasteiger partial charge in [-0.05, 0) is 80.0 Å². The number of benzene rings is 2. The van der Waals surface area contributed by atoms with Crippen LogP contribution >= 0.6 is 0 Å². The Balaban J connectivity index is 1.38. The molecule has 3 heterocycles. The predicted octanol–water partition coefficient (Wildman–Crippen LogP) is 5.13. The third kappa shape index (κ3) is 4.94. The molecule has 0 spiro atoms. The van der Waals surface area contributed by atoms with Crippen molar-refractivity contribution in [2.75, 3.05) is 37.7 Å². The summed E-state index contributed by atoms with van der Waals surface area (Å²) in [6.45, 7) is 12.7. The first-order chi connectivity index (χ1) is 16.9. The minimum atomic E-state index is 0.0706. The number of nitrogens with one attached hydrogen (secondary N) is 1. The number of piperidine rings is 1. The van der Waals surface area contributed by atoms with E-state index in [9.17, 15) is 4.79 Å². The van der Waals surface area contributed by atoms with Crippen LogP contribution in [-0.2, 0) is 9.53 Å². The second-order valence-electron chi connectivity index (χ2n) is 10.7. The molecule has 2 saturated heterocycles. The number of hydrogen-bond donors (Lipinski definition) is 1. The SMILES string of the molecule is Cc1cc2nc(N3CCC(C(=O)NCC4CCOC4)CC3)n(-c3ccc(C(C)C)cc3)c2cc1C. The Labute approximate surface area is 208 Å². The summed E-state index contributed by atoms with van der Waals surface area (Å²) in [5.41, 5.74) is 7.16. The second kappa shape index (κ2) is 10.0. The van der Waals surface area contributed by atoms with Crippen LogP contribution in [0, 0.1) is 25.7 Å². The van der Waals surface area contributed by atoms with Crippen LogP contribution in [0.3, 0.4) is 0 Å². The number of aryl methyl sites for hydroxylation is 2. The number of carbonyl (C=O) groups excluding carboxylic acids is 1. The molecule has 186 valence electrons. The molecule has 6 heteroatoms. The summed E-state index contributed by atoms with van der Waals surface area (Å²) < 4.78 is 7.73. The van der Waals surface area contributed by atoms with E-state index in [1.165, 1.54) is 16.7 Å². The fraction of sp³-hybridized carbons (Fsp3) is 0.517. The van der Waals surface area contributed by atoms with E-state index < -0.39 is 0 Å². The lowest BCUT2D eigenvalue weighted by Crippen LogP contribution is -2.42. The first kappa shape index (κ1) is 23.9. The lowest BCUT2D eigenvalue weighted by molar-refractivity contribution is -0.125. The number of anilines is 1. The van der Waals surface area contributed by atoms with E-state index in [0.29, 0.717) is 11.8 Å². The van der Waals surface area contributed by atoms with Crippen molar-refractivity contribution in [2.24, 2.45) is 11.8 Å². The van der Waals surface area contributed by atoms with Crippen molar-refractivity contribution >= 4 is 22.9 Å². The topological polar surface area (TPSA) is 59.4 Å². The Hall–Kier alpha value is -2.86. The summed E-state index contributed by atoms with van der Waals surface area (Å²) >= 11 is 0. The number of aromatic nitrogens is 2. The van der Waals surface area contributed by atoms with Crippen LogP contribution in [0.2, 0.25) is 0 Å². The van der Waals surface area contributed by atoms with Gasteiger partial charge in [0.05, 0.1) is 17.6 Å². The molecule has 0 aliphatic carbocycles. The van der Waals surface area contributed by atoms with Crippen LogP contribution in [-0.4, -0.2) is 48.3 Å². The lowest BCUT2D eigenvalue weighted by atomic mass is 9.95. The van der Waals surface area contributed by atoms with Gasteiger partial charge in [-0.25, -0.2) is 4.98 Å². The molecule has 5 rings (SSSR count). The zero-order valence-electron chi connectivity index (χ0n) is 21.5. The Morgan fingerprint density at radius 2 is 1.80 bits per heavy atom. The molecule has 3 aromatic rings. The highest BCUT2D eigenvalue weighted by Crippen LogP contribution is 2.32. The third-order valence-corrected chi connectivity index (χ3v) is 7.81. The van der Waals surface area contributed by atoms with Crippen LogP contribution in [0.15, 0.2) is 36.4 Å². The van der Waals surface area contributed by atoms with Crippen molar-refractivity contribution in [2.45, 2.75) is 52.9 Å². The van der Waals surface area contributed by atoms with Gasteiger partial charge in [0.1, 0.15) is 0 Å². The highest BCUT2D eigenvalue weighted by Gasteiger charge is 2.29. The van der Waals surface area contributed by atoms with Gasteiger partial charge in [0.15, 0.2) is 0 Å². The number of carbonyl (C=O) groups is 1. The number of imidazole rings is 1. The van der Waals surface area contributed by atoms with Crippen molar-refractivity contribution in [3.8, 4) is 5.69 Å².